The monoisotopic (exact) mass is 583 g/mol. The van der Waals surface area contributed by atoms with E-state index in [1.807, 2.05) is 37.3 Å². The van der Waals surface area contributed by atoms with E-state index in [9.17, 15) is 14.4 Å². The zero-order valence-electron chi connectivity index (χ0n) is 18.0. The van der Waals surface area contributed by atoms with Crippen LogP contribution in [0.3, 0.4) is 0 Å². The maximum absolute atomic E-state index is 12.8. The van der Waals surface area contributed by atoms with Gasteiger partial charge >= 0.3 is 0 Å². The van der Waals surface area contributed by atoms with Crippen LogP contribution in [0.2, 0.25) is 0 Å². The smallest absolute Gasteiger partial charge is 0.282 e. The number of para-hydroxylation sites is 1. The molecule has 1 heterocycles. The van der Waals surface area contributed by atoms with Gasteiger partial charge in [-0.1, -0.05) is 35.9 Å². The second kappa shape index (κ2) is 10.2. The number of amides is 3. The van der Waals surface area contributed by atoms with Crippen molar-refractivity contribution in [2.45, 2.75) is 6.92 Å². The van der Waals surface area contributed by atoms with Crippen LogP contribution in [-0.4, -0.2) is 24.3 Å². The van der Waals surface area contributed by atoms with E-state index in [2.05, 4.69) is 42.6 Å². The van der Waals surface area contributed by atoms with Crippen LogP contribution in [0.15, 0.2) is 81.2 Å². The van der Waals surface area contributed by atoms with E-state index in [1.165, 1.54) is 11.1 Å². The fourth-order valence-electron chi connectivity index (χ4n) is 3.26. The highest BCUT2D eigenvalue weighted by molar-refractivity contribution is 9.11. The fourth-order valence-corrected chi connectivity index (χ4v) is 4.71. The number of ether oxygens (including phenoxy) is 1. The largest absolute Gasteiger partial charge is 0.481 e. The van der Waals surface area contributed by atoms with E-state index in [1.54, 1.807) is 36.4 Å². The minimum absolute atomic E-state index is 0.00815. The van der Waals surface area contributed by atoms with Gasteiger partial charge in [0.05, 0.1) is 14.6 Å². The maximum atomic E-state index is 12.8. The van der Waals surface area contributed by atoms with Crippen molar-refractivity contribution in [2.75, 3.05) is 16.9 Å². The van der Waals surface area contributed by atoms with E-state index in [0.717, 1.165) is 5.56 Å². The molecule has 3 amide bonds. The topological polar surface area (TPSA) is 87.7 Å². The molecule has 4 rings (SSSR count). The molecule has 0 bridgehead atoms. The molecule has 0 spiro atoms. The van der Waals surface area contributed by atoms with Crippen molar-refractivity contribution in [3.05, 3.63) is 92.4 Å². The highest BCUT2D eigenvalue weighted by Crippen LogP contribution is 2.36. The number of hydrogen-bond donors (Lipinski definition) is 2. The van der Waals surface area contributed by atoms with Gasteiger partial charge in [0.2, 0.25) is 0 Å². The maximum Gasteiger partial charge on any atom is 0.282 e. The Balaban J connectivity index is 1.46. The first-order valence-electron chi connectivity index (χ1n) is 10.2. The lowest BCUT2D eigenvalue weighted by molar-refractivity contribution is -0.118. The van der Waals surface area contributed by atoms with Gasteiger partial charge in [-0.3, -0.25) is 19.8 Å². The summed E-state index contributed by atoms with van der Waals surface area (Å²) in [6, 6.07) is 19.7. The number of anilines is 2. The molecule has 1 aliphatic rings. The standard InChI is InChI=1S/C25H19Br2N3O4/c1-15-7-9-17(10-8-15)28-22(31)14-34-23-20(26)12-16(13-21(23)27)11-19-24(32)29-30(25(19)33)18-5-3-2-4-6-18/h2-13H,14H2,1H3,(H,28,31)(H,29,32)/b19-11-. The number of hydrogen-bond acceptors (Lipinski definition) is 4. The van der Waals surface area contributed by atoms with Gasteiger partial charge in [-0.2, -0.15) is 0 Å². The van der Waals surface area contributed by atoms with E-state index in [-0.39, 0.29) is 18.1 Å². The molecule has 1 aliphatic heterocycles. The summed E-state index contributed by atoms with van der Waals surface area (Å²) in [6.45, 7) is 1.77. The lowest BCUT2D eigenvalue weighted by atomic mass is 10.1. The molecule has 1 fully saturated rings. The summed E-state index contributed by atoms with van der Waals surface area (Å²) in [5, 5.41) is 3.99. The number of aryl methyl sites for hydroxylation is 1. The Labute approximate surface area is 213 Å². The summed E-state index contributed by atoms with van der Waals surface area (Å²) in [5.74, 6) is -0.817. The Morgan fingerprint density at radius 1 is 1.03 bits per heavy atom. The average molecular weight is 585 g/mol. The summed E-state index contributed by atoms with van der Waals surface area (Å²) in [7, 11) is 0. The second-order valence-electron chi connectivity index (χ2n) is 7.49. The van der Waals surface area contributed by atoms with E-state index in [0.29, 0.717) is 31.6 Å². The zero-order chi connectivity index (χ0) is 24.2. The number of hydrazine groups is 1. The van der Waals surface area contributed by atoms with Gasteiger partial charge in [-0.25, -0.2) is 5.01 Å². The van der Waals surface area contributed by atoms with Gasteiger partial charge in [-0.05, 0) is 86.8 Å². The molecule has 3 aromatic rings. The molecular formula is C25H19Br2N3O4. The Bertz CT molecular complexity index is 1270. The third-order valence-electron chi connectivity index (χ3n) is 4.92. The van der Waals surface area contributed by atoms with E-state index >= 15 is 0 Å². The van der Waals surface area contributed by atoms with Crippen LogP contribution < -0.4 is 20.5 Å². The molecule has 7 nitrogen and oxygen atoms in total. The molecular weight excluding hydrogens is 566 g/mol. The van der Waals surface area contributed by atoms with Gasteiger partial charge in [0.25, 0.3) is 17.7 Å². The van der Waals surface area contributed by atoms with Crippen LogP contribution in [-0.2, 0) is 14.4 Å². The highest BCUT2D eigenvalue weighted by Gasteiger charge is 2.34. The summed E-state index contributed by atoms with van der Waals surface area (Å²) in [4.78, 5) is 37.5. The molecule has 0 aliphatic carbocycles. The summed E-state index contributed by atoms with van der Waals surface area (Å²) < 4.78 is 6.80. The third kappa shape index (κ3) is 5.37. The van der Waals surface area contributed by atoms with Crippen molar-refractivity contribution in [3.8, 4) is 5.75 Å². The van der Waals surface area contributed by atoms with Crippen molar-refractivity contribution in [1.82, 2.24) is 5.43 Å². The molecule has 3 aromatic carbocycles. The zero-order valence-corrected chi connectivity index (χ0v) is 21.1. The number of halogens is 2. The van der Waals surface area contributed by atoms with Gasteiger partial charge in [0, 0.05) is 5.69 Å². The number of nitrogens with zero attached hydrogens (tertiary/aromatic N) is 1. The molecule has 0 radical (unpaired) electrons. The minimum Gasteiger partial charge on any atom is -0.481 e. The number of rotatable bonds is 6. The Hall–Kier alpha value is -3.43. The molecule has 9 heteroatoms. The van der Waals surface area contributed by atoms with E-state index in [4.69, 9.17) is 4.74 Å². The van der Waals surface area contributed by atoms with Gasteiger partial charge in [-0.15, -0.1) is 0 Å². The Kier molecular flexibility index (Phi) is 7.14. The van der Waals surface area contributed by atoms with Crippen LogP contribution in [0.4, 0.5) is 11.4 Å². The third-order valence-corrected chi connectivity index (χ3v) is 6.10. The molecule has 1 saturated heterocycles. The molecule has 172 valence electrons. The average Bonchev–Trinajstić information content (AvgIpc) is 3.09. The number of carbonyl (C=O) groups is 3. The predicted molar refractivity (Wildman–Crippen MR) is 137 cm³/mol. The molecule has 0 saturated carbocycles. The van der Waals surface area contributed by atoms with Crippen molar-refractivity contribution in [2.24, 2.45) is 0 Å². The van der Waals surface area contributed by atoms with Crippen molar-refractivity contribution in [3.63, 3.8) is 0 Å². The normalized spacial score (nSPS) is 14.3. The number of carbonyl (C=O) groups excluding carboxylic acids is 3. The molecule has 0 unspecified atom stereocenters. The second-order valence-corrected chi connectivity index (χ2v) is 9.20. The molecule has 0 aromatic heterocycles. The molecule has 34 heavy (non-hydrogen) atoms. The van der Waals surface area contributed by atoms with Crippen molar-refractivity contribution >= 4 is 67.0 Å². The van der Waals surface area contributed by atoms with Crippen molar-refractivity contribution < 1.29 is 19.1 Å². The van der Waals surface area contributed by atoms with Crippen molar-refractivity contribution in [1.29, 1.82) is 0 Å². The van der Waals surface area contributed by atoms with Crippen LogP contribution in [0.1, 0.15) is 11.1 Å². The first kappa shape index (κ1) is 23.7. The lowest BCUT2D eigenvalue weighted by Crippen LogP contribution is -2.35. The van der Waals surface area contributed by atoms with Gasteiger partial charge < -0.3 is 10.1 Å². The van der Waals surface area contributed by atoms with Crippen LogP contribution in [0.5, 0.6) is 5.75 Å². The Morgan fingerprint density at radius 2 is 1.68 bits per heavy atom. The lowest BCUT2D eigenvalue weighted by Gasteiger charge is -2.14. The van der Waals surface area contributed by atoms with Crippen LogP contribution in [0, 0.1) is 6.92 Å². The molecule has 0 atom stereocenters. The highest BCUT2D eigenvalue weighted by atomic mass is 79.9. The SMILES string of the molecule is Cc1ccc(NC(=O)COc2c(Br)cc(/C=C3/C(=O)NN(c4ccccc4)C3=O)cc2Br)cc1. The van der Waals surface area contributed by atoms with Crippen LogP contribution >= 0.6 is 31.9 Å². The number of nitrogens with one attached hydrogen (secondary N) is 2. The number of benzene rings is 3. The summed E-state index contributed by atoms with van der Waals surface area (Å²) in [6.07, 6.45) is 1.50. The quantitative estimate of drug-likeness (QED) is 0.315. The first-order chi connectivity index (χ1) is 16.3. The Morgan fingerprint density at radius 3 is 2.32 bits per heavy atom. The summed E-state index contributed by atoms with van der Waals surface area (Å²) >= 11 is 6.88. The predicted octanol–water partition coefficient (Wildman–Crippen LogP) is 5.00. The first-order valence-corrected chi connectivity index (χ1v) is 11.8. The fraction of sp³-hybridized carbons (Fsp3) is 0.0800. The van der Waals surface area contributed by atoms with Gasteiger partial charge in [0.15, 0.2) is 6.61 Å². The van der Waals surface area contributed by atoms with E-state index < -0.39 is 11.8 Å². The van der Waals surface area contributed by atoms with Gasteiger partial charge in [0.1, 0.15) is 11.3 Å². The minimum atomic E-state index is -0.491. The summed E-state index contributed by atoms with van der Waals surface area (Å²) in [5.41, 5.74) is 5.53. The van der Waals surface area contributed by atoms with Crippen LogP contribution in [0.25, 0.3) is 6.08 Å². The molecule has 2 N–H and O–H groups in total.